The molecule has 0 aliphatic rings. The van der Waals surface area contributed by atoms with Gasteiger partial charge in [-0.05, 0) is 122 Å². The van der Waals surface area contributed by atoms with Gasteiger partial charge in [-0.15, -0.1) is 4.79 Å². The fraction of sp³-hybridized carbons (Fsp3) is 0.700. The van der Waals surface area contributed by atoms with E-state index in [1.807, 2.05) is 14.4 Å². The van der Waals surface area contributed by atoms with E-state index in [4.69, 9.17) is 0 Å². The third kappa shape index (κ3) is 48.3. The van der Waals surface area contributed by atoms with Crippen LogP contribution in [-0.4, -0.2) is 10.7 Å². The van der Waals surface area contributed by atoms with Crippen molar-refractivity contribution in [2.45, 2.75) is 361 Å². The second-order valence-electron chi connectivity index (χ2n) is 24.1. The Kier molecular flexibility index (Phi) is 57.4. The minimum absolute atomic E-state index is 0.788. The number of hydrogen-bond acceptors (Lipinski definition) is 0. The fourth-order valence-corrected chi connectivity index (χ4v) is 11.8. The second-order valence-corrected chi connectivity index (χ2v) is 25.5. The quantitative estimate of drug-likeness (QED) is 0.0120. The average Bonchev–Trinajstić information content (AvgIpc) is 3.63. The molecule has 2 aromatic rings. The Morgan fingerprint density at radius 1 is 0.386 bits per heavy atom. The molecule has 0 N–H and O–H groups in total. The van der Waals surface area contributed by atoms with Crippen LogP contribution in [0.2, 0.25) is 10.8 Å². The van der Waals surface area contributed by atoms with Crippen molar-refractivity contribution in [3.05, 3.63) is 99.1 Å². The zero-order valence-corrected chi connectivity index (χ0v) is 56.7. The van der Waals surface area contributed by atoms with Gasteiger partial charge >= 0.3 is 135 Å². The van der Waals surface area contributed by atoms with Crippen LogP contribution in [0.5, 0.6) is 0 Å². The van der Waals surface area contributed by atoms with E-state index >= 15 is 0 Å². The van der Waals surface area contributed by atoms with Crippen LogP contribution in [0.1, 0.15) is 384 Å². The summed E-state index contributed by atoms with van der Waals surface area (Å²) in [5.74, 6) is 17.1. The maximum absolute atomic E-state index is 9.80. The van der Waals surface area contributed by atoms with Crippen LogP contribution in [-0.2, 0) is 14.4 Å². The Hall–Kier alpha value is -3.57. The van der Waals surface area contributed by atoms with Crippen LogP contribution in [0.4, 0.5) is 0 Å². The van der Waals surface area contributed by atoms with Crippen LogP contribution < -0.4 is 0 Å². The molecule has 2 rings (SSSR count). The maximum atomic E-state index is 9.80. The molecule has 0 radical (unpaired) electrons. The van der Waals surface area contributed by atoms with Crippen LogP contribution >= 0.6 is 0 Å². The molecule has 0 amide bonds. The first kappa shape index (κ1) is 77.4. The summed E-state index contributed by atoms with van der Waals surface area (Å²) in [6.45, 7) is 15.9. The molecule has 2 nitrogen and oxygen atoms in total. The molecule has 0 spiro atoms. The summed E-state index contributed by atoms with van der Waals surface area (Å²) in [4.78, 5) is 3.43. The van der Waals surface area contributed by atoms with E-state index in [0.29, 0.717) is 0 Å². The third-order valence-corrected chi connectivity index (χ3v) is 17.2. The number of benzene rings is 2. The van der Waals surface area contributed by atoms with Gasteiger partial charge in [0.05, 0.1) is 5.57 Å². The monoisotopic (exact) mass is 1180 g/mol. The molecule has 0 aliphatic heterocycles. The summed E-state index contributed by atoms with van der Waals surface area (Å²) in [6, 6.07) is 13.7. The van der Waals surface area contributed by atoms with Gasteiger partial charge in [-0.2, -0.15) is 0 Å². The molecule has 2 aromatic carbocycles. The van der Waals surface area contributed by atoms with Gasteiger partial charge in [-0.3, -0.25) is 0 Å². The molecule has 470 valence electrons. The van der Waals surface area contributed by atoms with Gasteiger partial charge in [-0.25, -0.2) is 0 Å². The molecule has 0 atom stereocenters. The molecule has 0 aliphatic carbocycles. The summed E-state index contributed by atoms with van der Waals surface area (Å²) in [6.07, 6.45) is 72.6. The number of rotatable bonds is 52. The fourth-order valence-electron chi connectivity index (χ4n) is 10.6. The number of hydrogen-bond donors (Lipinski definition) is 0. The third-order valence-electron chi connectivity index (χ3n) is 15.8. The van der Waals surface area contributed by atoms with Crippen molar-refractivity contribution in [3.63, 3.8) is 0 Å². The van der Waals surface area contributed by atoms with E-state index in [2.05, 4.69) is 150 Å². The molecule has 83 heavy (non-hydrogen) atoms. The Balaban J connectivity index is 0.00000154. The summed E-state index contributed by atoms with van der Waals surface area (Å²) in [5, 5.41) is 2.85. The number of allylic oxidation sites excluding steroid dienone is 4. The van der Waals surface area contributed by atoms with Crippen molar-refractivity contribution in [2.24, 2.45) is 0 Å². The SMILES string of the molecule is CCCCCCCC#Cc1cc(C#CCCCCCCC)cc(C(=CC(=C=[N+]=[N-])CCCC)c2cc(C=CCCCCCCCCCC)cc(C=CCCCCCCCCCC)c2)c1.CCCCCCCC[CH2][Ni][CH2]CCCCCCCC. The van der Waals surface area contributed by atoms with Crippen LogP contribution in [0.15, 0.2) is 60.2 Å². The van der Waals surface area contributed by atoms with Crippen molar-refractivity contribution in [1.82, 2.24) is 0 Å². The molecular weight excluding hydrogens is 1050 g/mol. The van der Waals surface area contributed by atoms with Crippen molar-refractivity contribution in [2.75, 3.05) is 0 Å². The van der Waals surface area contributed by atoms with Crippen molar-refractivity contribution >= 4 is 23.6 Å². The molecular formula is C80H130N2Ni. The van der Waals surface area contributed by atoms with Crippen molar-refractivity contribution in [1.29, 1.82) is 0 Å². The zero-order chi connectivity index (χ0) is 60.0. The van der Waals surface area contributed by atoms with Gasteiger partial charge in [0, 0.05) is 24.0 Å². The Labute approximate surface area is 523 Å². The first-order valence-corrected chi connectivity index (χ1v) is 37.1. The first-order chi connectivity index (χ1) is 41.0. The van der Waals surface area contributed by atoms with Crippen molar-refractivity contribution in [3.8, 4) is 23.7 Å². The standard InChI is InChI=1S/C62H92N2.2C9H19.Ni/c1-6-11-16-20-24-26-28-32-36-40-45-57-48-58(46-41-37-33-29-27-25-21-17-12-7-2)52-61(51-57)62(53-59(54-64-63)42-15-10-5)60-49-55(43-38-34-30-22-18-13-8-3)47-56(50-60)44-39-35-31-23-19-14-9-4;2*1-3-5-7-9-8-6-4-2;/h40-41,45-53H,6-37,42H2,1-5H3;2*1,3-9H2,2H3;. The normalized spacial score (nSPS) is 11.3. The van der Waals surface area contributed by atoms with Crippen LogP contribution in [0.25, 0.3) is 23.3 Å². The predicted octanol–water partition coefficient (Wildman–Crippen LogP) is 27.1. The van der Waals surface area contributed by atoms with Crippen molar-refractivity contribution < 1.29 is 19.2 Å². The van der Waals surface area contributed by atoms with E-state index < -0.39 is 0 Å². The molecule has 0 fully saturated rings. The second kappa shape index (κ2) is 61.5. The number of nitrogens with zero attached hydrogens (tertiary/aromatic N) is 2. The van der Waals surface area contributed by atoms with E-state index in [1.54, 1.807) is 0 Å². The van der Waals surface area contributed by atoms with E-state index in [-0.39, 0.29) is 0 Å². The Morgan fingerprint density at radius 3 is 1.10 bits per heavy atom. The number of unbranched alkanes of at least 4 members (excludes halogenated alkanes) is 39. The Bertz CT molecular complexity index is 2000. The molecule has 0 heterocycles. The molecule has 0 unspecified atom stereocenters. The average molecular weight is 1180 g/mol. The van der Waals surface area contributed by atoms with E-state index in [1.165, 1.54) is 266 Å². The Morgan fingerprint density at radius 2 is 0.723 bits per heavy atom. The molecule has 3 heteroatoms. The summed E-state index contributed by atoms with van der Waals surface area (Å²) in [5.41, 5.74) is 18.5. The van der Waals surface area contributed by atoms with Gasteiger partial charge in [0.15, 0.2) is 0 Å². The summed E-state index contributed by atoms with van der Waals surface area (Å²) in [7, 11) is 0. The predicted molar refractivity (Wildman–Crippen MR) is 370 cm³/mol. The van der Waals surface area contributed by atoms with E-state index in [0.717, 1.165) is 91.2 Å². The van der Waals surface area contributed by atoms with Crippen LogP contribution in [0.3, 0.4) is 0 Å². The molecule has 0 saturated heterocycles. The molecule has 0 bridgehead atoms. The van der Waals surface area contributed by atoms with Gasteiger partial charge in [-0.1, -0.05) is 230 Å². The van der Waals surface area contributed by atoms with E-state index in [9.17, 15) is 5.53 Å². The van der Waals surface area contributed by atoms with Gasteiger partial charge < -0.3 is 5.53 Å². The minimum atomic E-state index is 0.788. The molecule has 0 aromatic heterocycles. The molecule has 0 saturated carbocycles. The van der Waals surface area contributed by atoms with Gasteiger partial charge in [0.2, 0.25) is 0 Å². The van der Waals surface area contributed by atoms with Crippen LogP contribution in [0, 0.1) is 23.7 Å². The first-order valence-electron chi connectivity index (χ1n) is 35.7. The topological polar surface area (TPSA) is 36.4 Å². The zero-order valence-electron chi connectivity index (χ0n) is 55.7. The van der Waals surface area contributed by atoms with Gasteiger partial charge in [0.1, 0.15) is 0 Å². The van der Waals surface area contributed by atoms with Gasteiger partial charge in [0.25, 0.3) is 0 Å². The summed E-state index contributed by atoms with van der Waals surface area (Å²) >= 11 is 2.01. The summed E-state index contributed by atoms with van der Waals surface area (Å²) < 4.78 is 0.